The predicted octanol–water partition coefficient (Wildman–Crippen LogP) is 4.55. The van der Waals surface area contributed by atoms with E-state index < -0.39 is 98.7 Å². The summed E-state index contributed by atoms with van der Waals surface area (Å²) in [7, 11) is 2.04. The van der Waals surface area contributed by atoms with Crippen LogP contribution in [0.15, 0.2) is 48.5 Å². The summed E-state index contributed by atoms with van der Waals surface area (Å²) < 4.78 is 39.6. The first-order valence-electron chi connectivity index (χ1n) is 34.7. The maximum absolute atomic E-state index is 12.9. The van der Waals surface area contributed by atoms with Gasteiger partial charge in [0.1, 0.15) is 0 Å². The summed E-state index contributed by atoms with van der Waals surface area (Å²) in [6, 6.07) is 12.9. The van der Waals surface area contributed by atoms with Gasteiger partial charge in [-0.05, 0) is 158 Å². The lowest BCUT2D eigenvalue weighted by Gasteiger charge is -2.61. The second-order valence-electron chi connectivity index (χ2n) is 29.9. The van der Waals surface area contributed by atoms with Gasteiger partial charge in [0, 0.05) is 80.0 Å². The zero-order valence-corrected chi connectivity index (χ0v) is 55.0. The standard InChI is InChI=1S/C21H23NO7.C19H21NO6.C17H19NO4.C16H17NO4.CH4/c1-3-27-19(25)22-9-8-20-16-12-4-5-14(28-11(2)23)17(16)29-18(20)13(24)6-7-21(20,26)15(22)10-12;1-2-25-17(23)20-8-7-18-14-10-3-4-11(21)15(14)26-16(18)12(22)5-6-19(18,24)13(20)9-10;1-18-7-6-16-13-9-2-3-10(19)14(13)22-15(16)11(20)4-5-17(16,21)12(18)8-9;18-9-2-1-8-7-11-16(20)4-3-10(19)14-15(16,5-6-17-11)12(8)13(9)21-14;/h4-5,15,18,26H,3,6-10H2,1-2H3;3-4,13,16,21,24H,2,5-9H2,1H3;2-3,12,15,19,21H,4-8H2,1H3;1-2,11,14,17-18,20H,3-7H2;1H4/t15?,18-,20-,21+;13?,16-,18-,19+;12?,15-,16-,17+;11?,14-,15-,16+;/m0000./s1. The number of phenols is 3. The number of piperidine rings is 4. The zero-order chi connectivity index (χ0) is 68.5. The SMILES string of the molecule is C.CCOC(=O)N1CC[C@]23c4c5ccc(O)c4O[C@H]2C(=O)CC[C@@]3(O)C1C5.CCOC(=O)N1CC[C@]23c4c5ccc(OC(C)=O)c4O[C@H]2C(=O)CC[C@@]3(O)C1C5.CN1CC[C@]23c4c5ccc(O)c4O[C@H]2C(=O)CC[C@@]3(O)C1C5.O=C1CC[C@@]2(O)C3Cc4ccc(O)c5c4[C@@]2(CCN3)[C@H]1O5. The van der Waals surface area contributed by atoms with Crippen molar-refractivity contribution in [2.45, 2.75) is 224 Å². The van der Waals surface area contributed by atoms with Crippen molar-refractivity contribution in [1.29, 1.82) is 0 Å². The van der Waals surface area contributed by atoms with Crippen molar-refractivity contribution in [1.82, 2.24) is 20.0 Å². The average Bonchev–Trinajstić information content (AvgIpc) is 1.60. The Bertz CT molecular complexity index is 4240. The molecule has 8 bridgehead atoms. The van der Waals surface area contributed by atoms with Gasteiger partial charge in [-0.3, -0.25) is 24.0 Å². The number of likely N-dealkylation sites (N-methyl/N-ethyl adjacent to an activating group) is 1. The fourth-order valence-corrected chi connectivity index (χ4v) is 22.5. The second kappa shape index (κ2) is 22.0. The van der Waals surface area contributed by atoms with Gasteiger partial charge >= 0.3 is 18.2 Å². The number of hydrogen-bond acceptors (Lipinski definition) is 23. The molecule has 16 aliphatic rings. The lowest BCUT2D eigenvalue weighted by molar-refractivity contribution is -0.185. The smallest absolute Gasteiger partial charge is 0.410 e. The molecule has 20 rings (SSSR count). The summed E-state index contributed by atoms with van der Waals surface area (Å²) in [5.74, 6) is 1.45. The molecule has 4 saturated heterocycles. The minimum atomic E-state index is -1.32. The summed E-state index contributed by atoms with van der Waals surface area (Å²) in [4.78, 5) is 92.6. The van der Waals surface area contributed by atoms with Crippen LogP contribution in [0.1, 0.15) is 150 Å². The number of ether oxygens (including phenoxy) is 7. The normalized spacial score (nSPS) is 37.7. The first-order chi connectivity index (χ1) is 46.8. The highest BCUT2D eigenvalue weighted by molar-refractivity contribution is 5.93. The van der Waals surface area contributed by atoms with Gasteiger partial charge in [-0.25, -0.2) is 9.59 Å². The van der Waals surface area contributed by atoms with E-state index in [1.807, 2.05) is 31.3 Å². The number of aromatic hydroxyl groups is 3. The Balaban J connectivity index is 0.000000103. The number of rotatable bonds is 3. The Morgan fingerprint density at radius 1 is 0.485 bits per heavy atom. The van der Waals surface area contributed by atoms with Gasteiger partial charge in [-0.15, -0.1) is 0 Å². The molecule has 8 aliphatic heterocycles. The van der Waals surface area contributed by atoms with E-state index in [4.69, 9.17) is 33.2 Å². The largest absolute Gasteiger partial charge is 0.504 e. The molecular formula is C74H84N4O21. The summed E-state index contributed by atoms with van der Waals surface area (Å²) in [6.45, 7) is 7.65. The Hall–Kier alpha value is -8.07. The van der Waals surface area contributed by atoms with Gasteiger partial charge in [0.2, 0.25) is 0 Å². The van der Waals surface area contributed by atoms with Crippen molar-refractivity contribution >= 4 is 41.3 Å². The highest BCUT2D eigenvalue weighted by Gasteiger charge is 2.78. The van der Waals surface area contributed by atoms with Crippen LogP contribution in [0, 0.1) is 0 Å². The van der Waals surface area contributed by atoms with Gasteiger partial charge < -0.3 is 88.9 Å². The maximum atomic E-state index is 12.9. The van der Waals surface area contributed by atoms with Crippen molar-refractivity contribution in [3.8, 4) is 46.0 Å². The van der Waals surface area contributed by atoms with E-state index in [0.29, 0.717) is 107 Å². The molecule has 8 N–H and O–H groups in total. The minimum absolute atomic E-state index is 0. The molecule has 0 radical (unpaired) electrons. The Morgan fingerprint density at radius 3 is 1.26 bits per heavy atom. The van der Waals surface area contributed by atoms with Gasteiger partial charge in [0.05, 0.1) is 69.4 Å². The molecule has 99 heavy (non-hydrogen) atoms. The number of hydrogen-bond donors (Lipinski definition) is 8. The number of phenolic OH excluding ortho intramolecular Hbond substituents is 3. The van der Waals surface area contributed by atoms with E-state index in [1.54, 1.807) is 47.9 Å². The number of esters is 1. The third-order valence-corrected chi connectivity index (χ3v) is 26.4. The quantitative estimate of drug-likeness (QED) is 0.103. The highest BCUT2D eigenvalue weighted by Crippen LogP contribution is 2.69. The van der Waals surface area contributed by atoms with Gasteiger partial charge in [0.15, 0.2) is 93.5 Å². The molecule has 25 heteroatoms. The molecule has 526 valence electrons. The molecule has 16 atom stereocenters. The van der Waals surface area contributed by atoms with E-state index in [-0.39, 0.29) is 105 Å². The number of likely N-dealkylation sites (tertiary alicyclic amines) is 3. The summed E-state index contributed by atoms with van der Waals surface area (Å²) in [6.07, 6.45) is 3.14. The lowest BCUT2D eigenvalue weighted by atomic mass is 9.49. The van der Waals surface area contributed by atoms with E-state index >= 15 is 0 Å². The van der Waals surface area contributed by atoms with Crippen LogP contribution in [0.4, 0.5) is 9.59 Å². The fourth-order valence-electron chi connectivity index (χ4n) is 22.5. The lowest BCUT2D eigenvalue weighted by Crippen LogP contribution is -2.77. The van der Waals surface area contributed by atoms with Crippen LogP contribution >= 0.6 is 0 Å². The number of nitrogens with zero attached hydrogens (tertiary/aromatic N) is 3. The van der Waals surface area contributed by atoms with Crippen LogP contribution in [0.25, 0.3) is 0 Å². The molecular weight excluding hydrogens is 1280 g/mol. The predicted molar refractivity (Wildman–Crippen MR) is 346 cm³/mol. The number of ketones is 4. The average molecular weight is 1370 g/mol. The molecule has 4 aromatic carbocycles. The third kappa shape index (κ3) is 7.99. The van der Waals surface area contributed by atoms with Crippen molar-refractivity contribution in [2.24, 2.45) is 0 Å². The Labute approximate surface area is 570 Å². The number of carbonyl (C=O) groups excluding carboxylic acids is 7. The number of Topliss-reactive ketones (excluding diaryl/α,β-unsaturated/α-hetero) is 4. The van der Waals surface area contributed by atoms with Crippen molar-refractivity contribution in [2.75, 3.05) is 46.4 Å². The zero-order valence-electron chi connectivity index (χ0n) is 55.0. The van der Waals surface area contributed by atoms with Crippen molar-refractivity contribution < 1.29 is 102 Å². The van der Waals surface area contributed by atoms with Crippen molar-refractivity contribution in [3.63, 3.8) is 0 Å². The first-order valence-corrected chi connectivity index (χ1v) is 34.7. The molecule has 4 unspecified atom stereocenters. The molecule has 0 aromatic heterocycles. The van der Waals surface area contributed by atoms with Gasteiger partial charge in [0.25, 0.3) is 0 Å². The molecule has 25 nitrogen and oxygen atoms in total. The monoisotopic (exact) mass is 1360 g/mol. The highest BCUT2D eigenvalue weighted by atomic mass is 16.6. The van der Waals surface area contributed by atoms with Gasteiger partial charge in [-0.1, -0.05) is 31.7 Å². The van der Waals surface area contributed by atoms with E-state index in [2.05, 4.69) is 10.2 Å². The second-order valence-corrected chi connectivity index (χ2v) is 29.9. The maximum Gasteiger partial charge on any atom is 0.410 e. The number of amides is 2. The first kappa shape index (κ1) is 65.5. The van der Waals surface area contributed by atoms with E-state index in [9.17, 15) is 69.3 Å². The van der Waals surface area contributed by atoms with Gasteiger partial charge in [-0.2, -0.15) is 0 Å². The molecule has 8 aliphatic carbocycles. The van der Waals surface area contributed by atoms with E-state index in [1.165, 1.54) is 6.92 Å². The fraction of sp³-hybridized carbons (Fsp3) is 0.581. The van der Waals surface area contributed by atoms with Crippen molar-refractivity contribution in [3.05, 3.63) is 93.0 Å². The van der Waals surface area contributed by atoms with E-state index in [0.717, 1.165) is 64.0 Å². The molecule has 8 heterocycles. The topological polar surface area (TPSA) is 347 Å². The molecule has 4 aromatic rings. The van der Waals surface area contributed by atoms with Crippen LogP contribution < -0.4 is 29.0 Å². The molecule has 4 saturated carbocycles. The number of nitrogens with one attached hydrogen (secondary N) is 1. The number of carbonyl (C=O) groups is 7. The summed E-state index contributed by atoms with van der Waals surface area (Å²) in [5.41, 5.74) is -0.406. The Morgan fingerprint density at radius 2 is 0.838 bits per heavy atom. The van der Waals surface area contributed by atoms with Crippen LogP contribution in [-0.4, -0.2) is 209 Å². The summed E-state index contributed by atoms with van der Waals surface area (Å²) >= 11 is 0. The summed E-state index contributed by atoms with van der Waals surface area (Å²) in [5, 5.41) is 81.0. The molecule has 4 spiro atoms. The molecule has 2 amide bonds. The van der Waals surface area contributed by atoms with Crippen LogP contribution in [0.3, 0.4) is 0 Å². The van der Waals surface area contributed by atoms with Crippen LogP contribution in [0.2, 0.25) is 0 Å². The van der Waals surface area contributed by atoms with Crippen LogP contribution in [0.5, 0.6) is 46.0 Å². The molecule has 8 fully saturated rings. The Kier molecular flexibility index (Phi) is 14.5. The van der Waals surface area contributed by atoms with Crippen LogP contribution in [-0.2, 0) is 80.8 Å². The third-order valence-electron chi connectivity index (χ3n) is 26.4. The number of benzene rings is 4. The minimum Gasteiger partial charge on any atom is -0.504 e. The number of aliphatic hydroxyl groups is 4.